The summed E-state index contributed by atoms with van der Waals surface area (Å²) in [5.74, 6) is 5.32. The van der Waals surface area contributed by atoms with Crippen LogP contribution in [0.1, 0.15) is 34.3 Å². The van der Waals surface area contributed by atoms with Gasteiger partial charge in [0.2, 0.25) is 0 Å². The second kappa shape index (κ2) is 4.28. The number of hydrogen-bond acceptors (Lipinski definition) is 3. The van der Waals surface area contributed by atoms with Gasteiger partial charge in [0.05, 0.1) is 9.75 Å². The molecule has 2 rings (SSSR count). The molecule has 0 aromatic carbocycles. The highest BCUT2D eigenvalue weighted by molar-refractivity contribution is 7.14. The zero-order valence-corrected chi connectivity index (χ0v) is 9.86. The highest BCUT2D eigenvalue weighted by Gasteiger charge is 2.38. The lowest BCUT2D eigenvalue weighted by Gasteiger charge is -2.09. The lowest BCUT2D eigenvalue weighted by molar-refractivity contribution is 0.0939. The first-order chi connectivity index (χ1) is 7.63. The Labute approximate surface area is 98.5 Å². The SMILES string of the molecule is CC1(NC(=O)c2ccc(C#CCO)s2)CC1. The van der Waals surface area contributed by atoms with Crippen LogP contribution in [0, 0.1) is 11.8 Å². The molecule has 4 heteroatoms. The molecule has 1 aliphatic carbocycles. The molecule has 0 bridgehead atoms. The minimum Gasteiger partial charge on any atom is -0.384 e. The fraction of sp³-hybridized carbons (Fsp3) is 0.417. The third-order valence-electron chi connectivity index (χ3n) is 2.54. The van der Waals surface area contributed by atoms with E-state index in [0.717, 1.165) is 17.7 Å². The van der Waals surface area contributed by atoms with Crippen molar-refractivity contribution in [3.8, 4) is 11.8 Å². The maximum absolute atomic E-state index is 11.8. The first kappa shape index (κ1) is 11.2. The number of rotatable bonds is 2. The molecule has 0 unspecified atom stereocenters. The van der Waals surface area contributed by atoms with Crippen molar-refractivity contribution in [1.29, 1.82) is 0 Å². The van der Waals surface area contributed by atoms with Gasteiger partial charge >= 0.3 is 0 Å². The van der Waals surface area contributed by atoms with E-state index in [1.54, 1.807) is 12.1 Å². The van der Waals surface area contributed by atoms with Gasteiger partial charge in [0.1, 0.15) is 6.61 Å². The van der Waals surface area contributed by atoms with Crippen molar-refractivity contribution in [3.05, 3.63) is 21.9 Å². The number of amides is 1. The van der Waals surface area contributed by atoms with E-state index in [4.69, 9.17) is 5.11 Å². The Morgan fingerprint density at radius 1 is 1.62 bits per heavy atom. The van der Waals surface area contributed by atoms with Crippen molar-refractivity contribution in [3.63, 3.8) is 0 Å². The van der Waals surface area contributed by atoms with Gasteiger partial charge in [0.25, 0.3) is 5.91 Å². The number of carbonyl (C=O) groups excluding carboxylic acids is 1. The minimum absolute atomic E-state index is 0.0119. The van der Waals surface area contributed by atoms with Crippen LogP contribution in [0.5, 0.6) is 0 Å². The lowest BCUT2D eigenvalue weighted by atomic mass is 10.3. The summed E-state index contributed by atoms with van der Waals surface area (Å²) in [5.41, 5.74) is 0.0119. The van der Waals surface area contributed by atoms with Gasteiger partial charge in [0, 0.05) is 5.54 Å². The number of nitrogens with one attached hydrogen (secondary N) is 1. The molecule has 1 aromatic heterocycles. The molecule has 0 aliphatic heterocycles. The van der Waals surface area contributed by atoms with Crippen LogP contribution in [0.3, 0.4) is 0 Å². The minimum atomic E-state index is -0.155. The van der Waals surface area contributed by atoms with E-state index in [1.165, 1.54) is 11.3 Å². The van der Waals surface area contributed by atoms with Gasteiger partial charge in [-0.15, -0.1) is 11.3 Å². The molecular formula is C12H13NO2S. The summed E-state index contributed by atoms with van der Waals surface area (Å²) < 4.78 is 0. The Bertz CT molecular complexity index is 463. The van der Waals surface area contributed by atoms with Crippen molar-refractivity contribution in [2.24, 2.45) is 0 Å². The van der Waals surface area contributed by atoms with E-state index in [9.17, 15) is 4.79 Å². The third kappa shape index (κ3) is 2.63. The predicted molar refractivity (Wildman–Crippen MR) is 63.4 cm³/mol. The molecule has 0 radical (unpaired) electrons. The van der Waals surface area contributed by atoms with Crippen molar-refractivity contribution >= 4 is 17.2 Å². The Balaban J connectivity index is 2.03. The predicted octanol–water partition coefficient (Wildman–Crippen LogP) is 1.37. The molecule has 2 N–H and O–H groups in total. The number of aliphatic hydroxyl groups excluding tert-OH is 1. The average molecular weight is 235 g/mol. The van der Waals surface area contributed by atoms with Crippen LogP contribution in [0.25, 0.3) is 0 Å². The Morgan fingerprint density at radius 3 is 3.00 bits per heavy atom. The van der Waals surface area contributed by atoms with Gasteiger partial charge in [-0.1, -0.05) is 11.8 Å². The van der Waals surface area contributed by atoms with Crippen LogP contribution in [-0.2, 0) is 0 Å². The van der Waals surface area contributed by atoms with Crippen LogP contribution in [-0.4, -0.2) is 23.2 Å². The Morgan fingerprint density at radius 2 is 2.38 bits per heavy atom. The summed E-state index contributed by atoms with van der Waals surface area (Å²) >= 11 is 1.35. The van der Waals surface area contributed by atoms with Crippen LogP contribution in [0.4, 0.5) is 0 Å². The van der Waals surface area contributed by atoms with Gasteiger partial charge in [-0.25, -0.2) is 0 Å². The summed E-state index contributed by atoms with van der Waals surface area (Å²) in [6.45, 7) is 1.89. The smallest absolute Gasteiger partial charge is 0.261 e. The van der Waals surface area contributed by atoms with Gasteiger partial charge < -0.3 is 10.4 Å². The average Bonchev–Trinajstić information content (AvgIpc) is 2.82. The second-order valence-corrected chi connectivity index (χ2v) is 5.22. The third-order valence-corrected chi connectivity index (χ3v) is 3.54. The molecule has 1 aliphatic rings. The van der Waals surface area contributed by atoms with E-state index in [1.807, 2.05) is 6.92 Å². The normalized spacial score (nSPS) is 16.1. The number of hydrogen-bond donors (Lipinski definition) is 2. The zero-order valence-electron chi connectivity index (χ0n) is 9.04. The Kier molecular flexibility index (Phi) is 2.99. The first-order valence-corrected chi connectivity index (χ1v) is 5.97. The van der Waals surface area contributed by atoms with Crippen LogP contribution in [0.2, 0.25) is 0 Å². The van der Waals surface area contributed by atoms with Crippen molar-refractivity contribution in [2.45, 2.75) is 25.3 Å². The molecule has 3 nitrogen and oxygen atoms in total. The molecule has 1 fully saturated rings. The van der Waals surface area contributed by atoms with Crippen LogP contribution < -0.4 is 5.32 Å². The van der Waals surface area contributed by atoms with Gasteiger partial charge in [-0.05, 0) is 31.9 Å². The van der Waals surface area contributed by atoms with Crippen molar-refractivity contribution in [2.75, 3.05) is 6.61 Å². The summed E-state index contributed by atoms with van der Waals surface area (Å²) in [6.07, 6.45) is 2.11. The first-order valence-electron chi connectivity index (χ1n) is 5.15. The molecule has 1 amide bonds. The quantitative estimate of drug-likeness (QED) is 0.761. The van der Waals surface area contributed by atoms with E-state index in [0.29, 0.717) is 4.88 Å². The topological polar surface area (TPSA) is 49.3 Å². The van der Waals surface area contributed by atoms with Gasteiger partial charge in [-0.3, -0.25) is 4.79 Å². The standard InChI is InChI=1S/C12H13NO2S/c1-12(6-7-12)13-11(15)10-5-4-9(16-10)3-2-8-14/h4-5,14H,6-8H2,1H3,(H,13,15). The summed E-state index contributed by atoms with van der Waals surface area (Å²) in [4.78, 5) is 13.3. The van der Waals surface area contributed by atoms with Crippen molar-refractivity contribution in [1.82, 2.24) is 5.32 Å². The number of aliphatic hydroxyl groups is 1. The van der Waals surface area contributed by atoms with E-state index >= 15 is 0 Å². The molecule has 0 saturated heterocycles. The van der Waals surface area contributed by atoms with Crippen molar-refractivity contribution < 1.29 is 9.90 Å². The summed E-state index contributed by atoms with van der Waals surface area (Å²) in [6, 6.07) is 3.57. The molecule has 16 heavy (non-hydrogen) atoms. The number of thiophene rings is 1. The lowest BCUT2D eigenvalue weighted by Crippen LogP contribution is -2.33. The molecule has 0 atom stereocenters. The highest BCUT2D eigenvalue weighted by Crippen LogP contribution is 2.34. The monoisotopic (exact) mass is 235 g/mol. The highest BCUT2D eigenvalue weighted by atomic mass is 32.1. The van der Waals surface area contributed by atoms with E-state index < -0.39 is 0 Å². The number of carbonyl (C=O) groups is 1. The second-order valence-electron chi connectivity index (χ2n) is 4.14. The van der Waals surface area contributed by atoms with E-state index in [2.05, 4.69) is 17.2 Å². The largest absolute Gasteiger partial charge is 0.384 e. The van der Waals surface area contributed by atoms with Gasteiger partial charge in [0.15, 0.2) is 0 Å². The maximum Gasteiger partial charge on any atom is 0.261 e. The maximum atomic E-state index is 11.8. The molecule has 1 heterocycles. The summed E-state index contributed by atoms with van der Waals surface area (Å²) in [5, 5.41) is 11.5. The summed E-state index contributed by atoms with van der Waals surface area (Å²) in [7, 11) is 0. The fourth-order valence-electron chi connectivity index (χ4n) is 1.30. The molecular weight excluding hydrogens is 222 g/mol. The van der Waals surface area contributed by atoms with Crippen LogP contribution >= 0.6 is 11.3 Å². The molecule has 1 saturated carbocycles. The van der Waals surface area contributed by atoms with Crippen LogP contribution in [0.15, 0.2) is 12.1 Å². The molecule has 84 valence electrons. The fourth-order valence-corrected chi connectivity index (χ4v) is 2.08. The zero-order chi connectivity index (χ0) is 11.6. The molecule has 0 spiro atoms. The van der Waals surface area contributed by atoms with Gasteiger partial charge in [-0.2, -0.15) is 0 Å². The molecule has 1 aromatic rings. The Hall–Kier alpha value is -1.31. The van der Waals surface area contributed by atoms with E-state index in [-0.39, 0.29) is 18.1 Å².